The summed E-state index contributed by atoms with van der Waals surface area (Å²) in [5, 5.41) is 6.67. The van der Waals surface area contributed by atoms with Crippen LogP contribution in [0.25, 0.3) is 21.7 Å². The maximum atomic E-state index is 13.0. The summed E-state index contributed by atoms with van der Waals surface area (Å²) in [7, 11) is 0. The molecule has 0 amide bonds. The standard InChI is InChI=1S/C22H16BrN3O3/c1-13-25-20-9-8-16(23)11-18(20)22(28)26(13)24-12-19-17-6-4-3-5-15(17)7-10-21(19)29-14(2)27/h3-12H,1-2H3. The summed E-state index contributed by atoms with van der Waals surface area (Å²) in [6.07, 6.45) is 1.53. The van der Waals surface area contributed by atoms with Gasteiger partial charge in [-0.15, -0.1) is 0 Å². The Hall–Kier alpha value is -3.32. The highest BCUT2D eigenvalue weighted by Gasteiger charge is 2.11. The number of rotatable bonds is 3. The third-order valence-electron chi connectivity index (χ3n) is 4.46. The average Bonchev–Trinajstić information content (AvgIpc) is 2.69. The van der Waals surface area contributed by atoms with Crippen molar-refractivity contribution < 1.29 is 9.53 Å². The van der Waals surface area contributed by atoms with Gasteiger partial charge in [-0.1, -0.05) is 46.3 Å². The molecule has 0 bridgehead atoms. The molecule has 0 spiro atoms. The summed E-state index contributed by atoms with van der Waals surface area (Å²) < 4.78 is 7.38. The minimum Gasteiger partial charge on any atom is -0.426 e. The first-order valence-electron chi connectivity index (χ1n) is 8.87. The van der Waals surface area contributed by atoms with E-state index in [1.54, 1.807) is 25.1 Å². The molecule has 0 atom stereocenters. The van der Waals surface area contributed by atoms with Crippen LogP contribution in [0.4, 0.5) is 0 Å². The van der Waals surface area contributed by atoms with Crippen LogP contribution in [0.15, 0.2) is 69.0 Å². The van der Waals surface area contributed by atoms with E-state index in [9.17, 15) is 9.59 Å². The fraction of sp³-hybridized carbons (Fsp3) is 0.0909. The van der Waals surface area contributed by atoms with Crippen LogP contribution < -0.4 is 10.3 Å². The van der Waals surface area contributed by atoms with Crippen molar-refractivity contribution in [1.29, 1.82) is 0 Å². The summed E-state index contributed by atoms with van der Waals surface area (Å²) in [5.74, 6) is 0.401. The number of esters is 1. The topological polar surface area (TPSA) is 73.5 Å². The molecule has 29 heavy (non-hydrogen) atoms. The molecule has 1 heterocycles. The molecule has 1 aromatic heterocycles. The molecule has 4 rings (SSSR count). The van der Waals surface area contributed by atoms with E-state index in [0.29, 0.717) is 28.0 Å². The lowest BCUT2D eigenvalue weighted by Crippen LogP contribution is -2.20. The van der Waals surface area contributed by atoms with Crippen LogP contribution in [0.5, 0.6) is 5.75 Å². The van der Waals surface area contributed by atoms with Gasteiger partial charge in [0.2, 0.25) is 0 Å². The van der Waals surface area contributed by atoms with Gasteiger partial charge < -0.3 is 4.74 Å². The van der Waals surface area contributed by atoms with Crippen molar-refractivity contribution in [2.45, 2.75) is 13.8 Å². The van der Waals surface area contributed by atoms with E-state index >= 15 is 0 Å². The Morgan fingerprint density at radius 3 is 2.72 bits per heavy atom. The molecule has 0 saturated carbocycles. The lowest BCUT2D eigenvalue weighted by atomic mass is 10.0. The molecular formula is C22H16BrN3O3. The molecule has 144 valence electrons. The van der Waals surface area contributed by atoms with Gasteiger partial charge in [-0.3, -0.25) is 9.59 Å². The van der Waals surface area contributed by atoms with E-state index in [4.69, 9.17) is 4.74 Å². The molecule has 3 aromatic carbocycles. The van der Waals surface area contributed by atoms with Gasteiger partial charge in [0, 0.05) is 17.0 Å². The van der Waals surface area contributed by atoms with Gasteiger partial charge in [0.25, 0.3) is 5.56 Å². The molecular weight excluding hydrogens is 434 g/mol. The Morgan fingerprint density at radius 2 is 1.93 bits per heavy atom. The Morgan fingerprint density at radius 1 is 1.14 bits per heavy atom. The van der Waals surface area contributed by atoms with Gasteiger partial charge in [0.1, 0.15) is 11.6 Å². The van der Waals surface area contributed by atoms with Gasteiger partial charge in [0.15, 0.2) is 0 Å². The second-order valence-electron chi connectivity index (χ2n) is 6.47. The lowest BCUT2D eigenvalue weighted by molar-refractivity contribution is -0.131. The predicted octanol–water partition coefficient (Wildman–Crippen LogP) is 4.43. The molecule has 0 saturated heterocycles. The van der Waals surface area contributed by atoms with Crippen molar-refractivity contribution in [3.05, 3.63) is 80.8 Å². The number of halogens is 1. The molecule has 0 unspecified atom stereocenters. The smallest absolute Gasteiger partial charge is 0.308 e. The first kappa shape index (κ1) is 19.0. The zero-order chi connectivity index (χ0) is 20.5. The molecule has 0 aliphatic heterocycles. The monoisotopic (exact) mass is 449 g/mol. The van der Waals surface area contributed by atoms with Crippen molar-refractivity contribution in [2.24, 2.45) is 5.10 Å². The summed E-state index contributed by atoms with van der Waals surface area (Å²) in [4.78, 5) is 28.9. The molecule has 0 N–H and O–H groups in total. The number of carbonyl (C=O) groups is 1. The van der Waals surface area contributed by atoms with Crippen molar-refractivity contribution in [3.8, 4) is 5.75 Å². The maximum absolute atomic E-state index is 13.0. The molecule has 7 heteroatoms. The van der Waals surface area contributed by atoms with E-state index in [1.165, 1.54) is 17.8 Å². The second-order valence-corrected chi connectivity index (χ2v) is 7.39. The third-order valence-corrected chi connectivity index (χ3v) is 4.95. The fourth-order valence-electron chi connectivity index (χ4n) is 3.16. The SMILES string of the molecule is CC(=O)Oc1ccc2ccccc2c1C=Nn1c(C)nc2ccc(Br)cc2c1=O. The number of carbonyl (C=O) groups excluding carboxylic acids is 1. The van der Waals surface area contributed by atoms with Crippen molar-refractivity contribution >= 4 is 49.8 Å². The zero-order valence-electron chi connectivity index (χ0n) is 15.7. The summed E-state index contributed by atoms with van der Waals surface area (Å²) in [6.45, 7) is 3.06. The van der Waals surface area contributed by atoms with Crippen LogP contribution >= 0.6 is 15.9 Å². The van der Waals surface area contributed by atoms with Gasteiger partial charge >= 0.3 is 5.97 Å². The number of fused-ring (bicyclic) bond motifs is 2. The van der Waals surface area contributed by atoms with Crippen molar-refractivity contribution in [3.63, 3.8) is 0 Å². The third kappa shape index (κ3) is 3.69. The molecule has 0 fully saturated rings. The summed E-state index contributed by atoms with van der Waals surface area (Å²) in [5.41, 5.74) is 0.936. The number of hydrogen-bond donors (Lipinski definition) is 0. The number of ether oxygens (including phenoxy) is 1. The highest BCUT2D eigenvalue weighted by atomic mass is 79.9. The van der Waals surface area contributed by atoms with Gasteiger partial charge in [-0.05, 0) is 42.0 Å². The second kappa shape index (κ2) is 7.60. The highest BCUT2D eigenvalue weighted by molar-refractivity contribution is 9.10. The van der Waals surface area contributed by atoms with Gasteiger partial charge in [0.05, 0.1) is 17.1 Å². The Balaban J connectivity index is 1.91. The van der Waals surface area contributed by atoms with Crippen LogP contribution in [0.1, 0.15) is 18.3 Å². The molecule has 0 aliphatic carbocycles. The minimum absolute atomic E-state index is 0.278. The van der Waals surface area contributed by atoms with Crippen LogP contribution in [0.2, 0.25) is 0 Å². The zero-order valence-corrected chi connectivity index (χ0v) is 17.3. The average molecular weight is 450 g/mol. The quantitative estimate of drug-likeness (QED) is 0.263. The summed E-state index contributed by atoms with van der Waals surface area (Å²) >= 11 is 3.38. The number of aromatic nitrogens is 2. The van der Waals surface area contributed by atoms with Gasteiger partial charge in [-0.2, -0.15) is 9.78 Å². The molecule has 0 aliphatic rings. The molecule has 4 aromatic rings. The van der Waals surface area contributed by atoms with Crippen LogP contribution in [-0.2, 0) is 4.79 Å². The van der Waals surface area contributed by atoms with Crippen LogP contribution in [0, 0.1) is 6.92 Å². The Bertz CT molecular complexity index is 1360. The van der Waals surface area contributed by atoms with E-state index < -0.39 is 5.97 Å². The first-order valence-corrected chi connectivity index (χ1v) is 9.67. The summed E-state index contributed by atoms with van der Waals surface area (Å²) in [6, 6.07) is 16.6. The Kier molecular flexibility index (Phi) is 4.98. The first-order chi connectivity index (χ1) is 13.9. The fourth-order valence-corrected chi connectivity index (χ4v) is 3.52. The number of hydrogen-bond acceptors (Lipinski definition) is 5. The van der Waals surface area contributed by atoms with Crippen molar-refractivity contribution in [1.82, 2.24) is 9.66 Å². The number of aryl methyl sites for hydroxylation is 1. The van der Waals surface area contributed by atoms with E-state index in [-0.39, 0.29) is 5.56 Å². The normalized spacial score (nSPS) is 11.4. The van der Waals surface area contributed by atoms with Gasteiger partial charge in [-0.25, -0.2) is 4.98 Å². The highest BCUT2D eigenvalue weighted by Crippen LogP contribution is 2.27. The van der Waals surface area contributed by atoms with Crippen molar-refractivity contribution in [2.75, 3.05) is 0 Å². The van der Waals surface area contributed by atoms with E-state index in [2.05, 4.69) is 26.0 Å². The predicted molar refractivity (Wildman–Crippen MR) is 117 cm³/mol. The maximum Gasteiger partial charge on any atom is 0.308 e. The van der Waals surface area contributed by atoms with E-state index in [0.717, 1.165) is 15.2 Å². The molecule has 6 nitrogen and oxygen atoms in total. The lowest BCUT2D eigenvalue weighted by Gasteiger charge is -2.10. The van der Waals surface area contributed by atoms with E-state index in [1.807, 2.05) is 36.4 Å². The number of benzene rings is 3. The minimum atomic E-state index is -0.430. The van der Waals surface area contributed by atoms with Crippen LogP contribution in [-0.4, -0.2) is 21.8 Å². The molecule has 0 radical (unpaired) electrons. The number of nitrogens with zero attached hydrogens (tertiary/aromatic N) is 3. The van der Waals surface area contributed by atoms with Crippen LogP contribution in [0.3, 0.4) is 0 Å². The Labute approximate surface area is 174 Å². The largest absolute Gasteiger partial charge is 0.426 e.